The number of hydrogen-bond donors (Lipinski definition) is 1. The highest BCUT2D eigenvalue weighted by atomic mass is 19.1. The van der Waals surface area contributed by atoms with Crippen LogP contribution in [0.25, 0.3) is 0 Å². The maximum absolute atomic E-state index is 13.4. The molecule has 1 saturated carbocycles. The molecule has 0 spiro atoms. The predicted octanol–water partition coefficient (Wildman–Crippen LogP) is 5.41. The van der Waals surface area contributed by atoms with Crippen LogP contribution in [0.1, 0.15) is 32.6 Å². The molecule has 178 valence electrons. The highest BCUT2D eigenvalue weighted by Gasteiger charge is 2.25. The Kier molecular flexibility index (Phi) is 9.06. The number of carboxylic acid groups (broad SMARTS) is 1. The van der Waals surface area contributed by atoms with Crippen LogP contribution in [-0.2, 0) is 14.3 Å². The summed E-state index contributed by atoms with van der Waals surface area (Å²) in [5.41, 5.74) is 1.10. The fraction of sp³-hybridized carbons (Fsp3) is 0.440. The normalized spacial score (nSPS) is 17.9. The number of aliphatic carboxylic acids is 1. The SMILES string of the molecule is CCOc1ccc(N(C(=O)OCC2CCC(COCC(=O)O)CC2)c2ccc(F)cc2)cc1. The molecule has 1 amide bonds. The molecule has 1 aliphatic rings. The number of nitrogens with zero attached hydrogens (tertiary/aromatic N) is 1. The van der Waals surface area contributed by atoms with Crippen LogP contribution in [0.2, 0.25) is 0 Å². The Morgan fingerprint density at radius 2 is 1.48 bits per heavy atom. The molecule has 1 aliphatic carbocycles. The number of hydrogen-bond acceptors (Lipinski definition) is 5. The van der Waals surface area contributed by atoms with Crippen LogP contribution in [0, 0.1) is 17.7 Å². The summed E-state index contributed by atoms with van der Waals surface area (Å²) in [6.07, 6.45) is 3.05. The van der Waals surface area contributed by atoms with Gasteiger partial charge in [-0.25, -0.2) is 18.9 Å². The summed E-state index contributed by atoms with van der Waals surface area (Å²) >= 11 is 0. The van der Waals surface area contributed by atoms with Gasteiger partial charge in [0.1, 0.15) is 18.2 Å². The van der Waals surface area contributed by atoms with Gasteiger partial charge in [-0.2, -0.15) is 0 Å². The van der Waals surface area contributed by atoms with Crippen molar-refractivity contribution in [2.45, 2.75) is 32.6 Å². The number of carbonyl (C=O) groups is 2. The average molecular weight is 460 g/mol. The lowest BCUT2D eigenvalue weighted by Crippen LogP contribution is -2.30. The number of benzene rings is 2. The van der Waals surface area contributed by atoms with E-state index in [0.717, 1.165) is 25.7 Å². The van der Waals surface area contributed by atoms with E-state index in [0.29, 0.717) is 36.3 Å². The Morgan fingerprint density at radius 3 is 2.03 bits per heavy atom. The van der Waals surface area contributed by atoms with Gasteiger partial charge < -0.3 is 19.3 Å². The molecule has 0 aromatic heterocycles. The van der Waals surface area contributed by atoms with Crippen molar-refractivity contribution in [1.29, 1.82) is 0 Å². The number of anilines is 2. The highest BCUT2D eigenvalue weighted by Crippen LogP contribution is 2.31. The summed E-state index contributed by atoms with van der Waals surface area (Å²) in [4.78, 5) is 25.0. The fourth-order valence-corrected chi connectivity index (χ4v) is 3.94. The second kappa shape index (κ2) is 12.2. The Balaban J connectivity index is 1.59. The van der Waals surface area contributed by atoms with Crippen molar-refractivity contribution < 1.29 is 33.3 Å². The topological polar surface area (TPSA) is 85.3 Å². The van der Waals surface area contributed by atoms with Crippen molar-refractivity contribution >= 4 is 23.4 Å². The van der Waals surface area contributed by atoms with E-state index in [1.807, 2.05) is 6.92 Å². The quantitative estimate of drug-likeness (QED) is 0.512. The summed E-state index contributed by atoms with van der Waals surface area (Å²) < 4.78 is 29.8. The van der Waals surface area contributed by atoms with Crippen LogP contribution >= 0.6 is 0 Å². The standard InChI is InChI=1S/C25H30FNO6/c1-2-32-23-13-11-22(12-14-23)27(21-9-7-20(26)8-10-21)25(30)33-16-19-5-3-18(4-6-19)15-31-17-24(28)29/h7-14,18-19H,2-6,15-17H2,1H3,(H,28,29). The van der Waals surface area contributed by atoms with Gasteiger partial charge in [-0.05, 0) is 93.0 Å². The lowest BCUT2D eigenvalue weighted by molar-refractivity contribution is -0.142. The molecule has 33 heavy (non-hydrogen) atoms. The smallest absolute Gasteiger partial charge is 0.418 e. The van der Waals surface area contributed by atoms with Gasteiger partial charge in [0.15, 0.2) is 0 Å². The molecule has 0 unspecified atom stereocenters. The Labute approximate surface area is 193 Å². The molecular weight excluding hydrogens is 429 g/mol. The zero-order chi connectivity index (χ0) is 23.6. The summed E-state index contributed by atoms with van der Waals surface area (Å²) in [5.74, 6) is -0.0922. The van der Waals surface area contributed by atoms with Gasteiger partial charge in [-0.15, -0.1) is 0 Å². The summed E-state index contributed by atoms with van der Waals surface area (Å²) in [7, 11) is 0. The number of rotatable bonds is 10. The van der Waals surface area contributed by atoms with Crippen molar-refractivity contribution in [3.05, 3.63) is 54.3 Å². The van der Waals surface area contributed by atoms with E-state index >= 15 is 0 Å². The largest absolute Gasteiger partial charge is 0.494 e. The number of carbonyl (C=O) groups excluding carboxylic acids is 1. The van der Waals surface area contributed by atoms with Gasteiger partial charge in [-0.3, -0.25) is 0 Å². The minimum Gasteiger partial charge on any atom is -0.494 e. The molecule has 1 N–H and O–H groups in total. The first-order valence-electron chi connectivity index (χ1n) is 11.2. The molecular formula is C25H30FNO6. The van der Waals surface area contributed by atoms with Gasteiger partial charge in [0.2, 0.25) is 0 Å². The Hall–Kier alpha value is -3.13. The van der Waals surface area contributed by atoms with Crippen molar-refractivity contribution in [3.63, 3.8) is 0 Å². The molecule has 8 heteroatoms. The lowest BCUT2D eigenvalue weighted by atomic mass is 9.83. The zero-order valence-electron chi connectivity index (χ0n) is 18.7. The van der Waals surface area contributed by atoms with Crippen molar-refractivity contribution in [1.82, 2.24) is 0 Å². The molecule has 2 aromatic rings. The molecule has 3 rings (SSSR count). The van der Waals surface area contributed by atoms with Gasteiger partial charge in [-0.1, -0.05) is 0 Å². The van der Waals surface area contributed by atoms with Gasteiger partial charge in [0, 0.05) is 0 Å². The summed E-state index contributed by atoms with van der Waals surface area (Å²) in [6, 6.07) is 12.8. The van der Waals surface area contributed by atoms with Crippen LogP contribution < -0.4 is 9.64 Å². The van der Waals surface area contributed by atoms with Gasteiger partial charge >= 0.3 is 12.1 Å². The first kappa shape index (κ1) is 24.5. The van der Waals surface area contributed by atoms with Crippen LogP contribution in [0.15, 0.2) is 48.5 Å². The van der Waals surface area contributed by atoms with Gasteiger partial charge in [0.25, 0.3) is 0 Å². The maximum atomic E-state index is 13.4. The maximum Gasteiger partial charge on any atom is 0.418 e. The van der Waals surface area contributed by atoms with E-state index in [-0.39, 0.29) is 24.9 Å². The summed E-state index contributed by atoms with van der Waals surface area (Å²) in [6.45, 7) is 2.89. The first-order valence-corrected chi connectivity index (χ1v) is 11.2. The molecule has 2 aromatic carbocycles. The molecule has 1 fully saturated rings. The second-order valence-corrected chi connectivity index (χ2v) is 8.11. The van der Waals surface area contributed by atoms with E-state index in [4.69, 9.17) is 19.3 Å². The molecule has 0 heterocycles. The monoisotopic (exact) mass is 459 g/mol. The van der Waals surface area contributed by atoms with Crippen molar-refractivity contribution in [3.8, 4) is 5.75 Å². The van der Waals surface area contributed by atoms with E-state index in [1.54, 1.807) is 24.3 Å². The minimum absolute atomic E-state index is 0.236. The van der Waals surface area contributed by atoms with Crippen molar-refractivity contribution in [2.75, 3.05) is 31.3 Å². The number of carboxylic acids is 1. The van der Waals surface area contributed by atoms with E-state index in [1.165, 1.54) is 29.2 Å². The first-order chi connectivity index (χ1) is 16.0. The second-order valence-electron chi connectivity index (χ2n) is 8.11. The lowest BCUT2D eigenvalue weighted by Gasteiger charge is -2.29. The third-order valence-electron chi connectivity index (χ3n) is 5.66. The third kappa shape index (κ3) is 7.46. The Morgan fingerprint density at radius 1 is 0.939 bits per heavy atom. The van der Waals surface area contributed by atoms with Crippen LogP contribution in [0.5, 0.6) is 5.75 Å². The van der Waals surface area contributed by atoms with E-state index in [9.17, 15) is 14.0 Å². The molecule has 0 radical (unpaired) electrons. The number of amides is 1. The average Bonchev–Trinajstić information content (AvgIpc) is 2.81. The zero-order valence-corrected chi connectivity index (χ0v) is 18.7. The van der Waals surface area contributed by atoms with E-state index in [2.05, 4.69) is 0 Å². The third-order valence-corrected chi connectivity index (χ3v) is 5.66. The molecule has 0 saturated heterocycles. The number of ether oxygens (including phenoxy) is 3. The predicted molar refractivity (Wildman–Crippen MR) is 121 cm³/mol. The van der Waals surface area contributed by atoms with Crippen molar-refractivity contribution in [2.24, 2.45) is 11.8 Å². The Bertz CT molecular complexity index is 894. The molecule has 0 atom stereocenters. The van der Waals surface area contributed by atoms with Gasteiger partial charge in [0.05, 0.1) is 31.2 Å². The van der Waals surface area contributed by atoms with Crippen LogP contribution in [0.4, 0.5) is 20.6 Å². The fourth-order valence-electron chi connectivity index (χ4n) is 3.94. The van der Waals surface area contributed by atoms with Crippen LogP contribution in [-0.4, -0.2) is 43.6 Å². The molecule has 0 bridgehead atoms. The van der Waals surface area contributed by atoms with Crippen LogP contribution in [0.3, 0.4) is 0 Å². The minimum atomic E-state index is -0.964. The summed E-state index contributed by atoms with van der Waals surface area (Å²) in [5, 5.41) is 8.67. The molecule has 7 nitrogen and oxygen atoms in total. The van der Waals surface area contributed by atoms with E-state index < -0.39 is 12.1 Å². The molecule has 0 aliphatic heterocycles. The highest BCUT2D eigenvalue weighted by molar-refractivity contribution is 5.96. The number of halogens is 1.